The lowest BCUT2D eigenvalue weighted by molar-refractivity contribution is -0.118. The molecule has 1 fully saturated rings. The van der Waals surface area contributed by atoms with Gasteiger partial charge in [-0.05, 0) is 60.8 Å². The van der Waals surface area contributed by atoms with Gasteiger partial charge in [0.1, 0.15) is 17.3 Å². The molecule has 36 heavy (non-hydrogen) atoms. The van der Waals surface area contributed by atoms with Crippen molar-refractivity contribution >= 4 is 11.5 Å². The summed E-state index contributed by atoms with van der Waals surface area (Å²) in [5, 5.41) is 0. The Morgan fingerprint density at radius 2 is 1.72 bits per heavy atom. The van der Waals surface area contributed by atoms with Gasteiger partial charge in [-0.15, -0.1) is 0 Å². The third kappa shape index (κ3) is 7.37. The molecule has 0 unspecified atom stereocenters. The zero-order valence-electron chi connectivity index (χ0n) is 21.5. The molecule has 6 heteroatoms. The van der Waals surface area contributed by atoms with E-state index in [1.807, 2.05) is 38.2 Å². The van der Waals surface area contributed by atoms with Gasteiger partial charge in [-0.25, -0.2) is 4.39 Å². The first-order valence-electron chi connectivity index (χ1n) is 12.8. The van der Waals surface area contributed by atoms with Crippen LogP contribution in [0.1, 0.15) is 31.5 Å². The monoisotopic (exact) mass is 489 g/mol. The Kier molecular flexibility index (Phi) is 8.70. The number of carbonyl (C=O) groups is 1. The van der Waals surface area contributed by atoms with Crippen LogP contribution in [-0.2, 0) is 17.6 Å². The summed E-state index contributed by atoms with van der Waals surface area (Å²) in [6.45, 7) is 8.89. The fraction of sp³-hybridized carbons (Fsp3) is 0.400. The number of piperazine rings is 1. The van der Waals surface area contributed by atoms with Crippen molar-refractivity contribution in [1.29, 1.82) is 0 Å². The summed E-state index contributed by atoms with van der Waals surface area (Å²) in [7, 11) is 2.16. The lowest BCUT2D eigenvalue weighted by Crippen LogP contribution is -2.44. The number of aryl methyl sites for hydroxylation is 1. The van der Waals surface area contributed by atoms with Gasteiger partial charge in [-0.2, -0.15) is 0 Å². The summed E-state index contributed by atoms with van der Waals surface area (Å²) in [6, 6.07) is 17.2. The van der Waals surface area contributed by atoms with E-state index in [2.05, 4.69) is 46.1 Å². The average molecular weight is 490 g/mol. The fourth-order valence-electron chi connectivity index (χ4n) is 4.31. The number of rotatable bonds is 10. The molecule has 1 aromatic heterocycles. The number of nitrogens with zero attached hydrogens (tertiary/aromatic N) is 3. The molecule has 5 nitrogen and oxygen atoms in total. The van der Waals surface area contributed by atoms with Crippen LogP contribution in [0.15, 0.2) is 60.8 Å². The lowest BCUT2D eigenvalue weighted by atomic mass is 10.0. The van der Waals surface area contributed by atoms with E-state index in [4.69, 9.17) is 4.74 Å². The maximum absolute atomic E-state index is 14.0. The standard InChI is InChI=1S/C30H36FN3O2/c1-22(2)21-36-30-17-23(16-26(31)18-30)4-11-29(35)19-27-8-5-25(20-32-27)24-6-9-28(10-7-24)34-14-12-33(3)13-15-34/h5-10,16-18,20,22H,4,11-15,19,21H2,1-3H3. The van der Waals surface area contributed by atoms with E-state index in [0.29, 0.717) is 31.1 Å². The minimum Gasteiger partial charge on any atom is -0.493 e. The van der Waals surface area contributed by atoms with Crippen molar-refractivity contribution in [3.8, 4) is 16.9 Å². The van der Waals surface area contributed by atoms with E-state index in [1.165, 1.54) is 17.8 Å². The van der Waals surface area contributed by atoms with Crippen molar-refractivity contribution in [3.63, 3.8) is 0 Å². The Balaban J connectivity index is 1.29. The first-order chi connectivity index (χ1) is 17.4. The number of ether oxygens (including phenoxy) is 1. The Hall–Kier alpha value is -3.25. The molecular formula is C30H36FN3O2. The summed E-state index contributed by atoms with van der Waals surface area (Å²) in [5.74, 6) is 0.617. The molecule has 1 aliphatic rings. The van der Waals surface area contributed by atoms with Gasteiger partial charge in [0.15, 0.2) is 0 Å². The van der Waals surface area contributed by atoms with Crippen LogP contribution in [0, 0.1) is 11.7 Å². The molecule has 2 aromatic carbocycles. The zero-order valence-corrected chi connectivity index (χ0v) is 21.5. The van der Waals surface area contributed by atoms with Crippen molar-refractivity contribution in [1.82, 2.24) is 9.88 Å². The fourth-order valence-corrected chi connectivity index (χ4v) is 4.31. The van der Waals surface area contributed by atoms with Crippen molar-refractivity contribution in [2.45, 2.75) is 33.1 Å². The molecular weight excluding hydrogens is 453 g/mol. The summed E-state index contributed by atoms with van der Waals surface area (Å²) in [6.07, 6.45) is 2.92. The van der Waals surface area contributed by atoms with Crippen LogP contribution in [0.25, 0.3) is 11.1 Å². The van der Waals surface area contributed by atoms with Crippen LogP contribution in [0.4, 0.5) is 10.1 Å². The molecule has 0 amide bonds. The van der Waals surface area contributed by atoms with Crippen LogP contribution in [0.2, 0.25) is 0 Å². The number of Topliss-reactive ketones (excluding diaryl/α,β-unsaturated/α-hetero) is 1. The van der Waals surface area contributed by atoms with E-state index < -0.39 is 0 Å². The first kappa shape index (κ1) is 25.8. The maximum Gasteiger partial charge on any atom is 0.139 e. The molecule has 3 aromatic rings. The zero-order chi connectivity index (χ0) is 25.5. The highest BCUT2D eigenvalue weighted by molar-refractivity contribution is 5.80. The summed E-state index contributed by atoms with van der Waals surface area (Å²) >= 11 is 0. The third-order valence-corrected chi connectivity index (χ3v) is 6.48. The van der Waals surface area contributed by atoms with Gasteiger partial charge in [0.05, 0.1) is 6.61 Å². The topological polar surface area (TPSA) is 45.7 Å². The number of likely N-dealkylation sites (N-methyl/N-ethyl adjacent to an activating group) is 1. The van der Waals surface area contributed by atoms with Crippen LogP contribution < -0.4 is 9.64 Å². The van der Waals surface area contributed by atoms with Crippen LogP contribution >= 0.6 is 0 Å². The van der Waals surface area contributed by atoms with Crippen LogP contribution in [0.3, 0.4) is 0 Å². The van der Waals surface area contributed by atoms with E-state index in [-0.39, 0.29) is 18.0 Å². The quantitative estimate of drug-likeness (QED) is 0.381. The largest absolute Gasteiger partial charge is 0.493 e. The normalized spacial score (nSPS) is 14.3. The Labute approximate surface area is 213 Å². The number of hydrogen-bond donors (Lipinski definition) is 0. The highest BCUT2D eigenvalue weighted by Crippen LogP contribution is 2.24. The van der Waals surface area contributed by atoms with Gasteiger partial charge < -0.3 is 14.5 Å². The number of hydrogen-bond acceptors (Lipinski definition) is 5. The smallest absolute Gasteiger partial charge is 0.139 e. The minimum atomic E-state index is -0.340. The van der Waals surface area contributed by atoms with E-state index in [0.717, 1.165) is 48.6 Å². The molecule has 2 heterocycles. The van der Waals surface area contributed by atoms with Gasteiger partial charge >= 0.3 is 0 Å². The van der Waals surface area contributed by atoms with Crippen molar-refractivity contribution in [3.05, 3.63) is 77.9 Å². The highest BCUT2D eigenvalue weighted by atomic mass is 19.1. The van der Waals surface area contributed by atoms with E-state index in [1.54, 1.807) is 0 Å². The molecule has 0 aliphatic carbocycles. The second-order valence-electron chi connectivity index (χ2n) is 10.1. The molecule has 0 bridgehead atoms. The van der Waals surface area contributed by atoms with E-state index >= 15 is 0 Å². The van der Waals surface area contributed by atoms with E-state index in [9.17, 15) is 9.18 Å². The van der Waals surface area contributed by atoms with Gasteiger partial charge in [0.25, 0.3) is 0 Å². The van der Waals surface area contributed by atoms with Crippen molar-refractivity contribution in [2.24, 2.45) is 5.92 Å². The SMILES string of the molecule is CC(C)COc1cc(F)cc(CCC(=O)Cc2ccc(-c3ccc(N4CCN(C)CC4)cc3)cn2)c1. The molecule has 1 aliphatic heterocycles. The molecule has 0 atom stereocenters. The highest BCUT2D eigenvalue weighted by Gasteiger charge is 2.14. The van der Waals surface area contributed by atoms with Crippen molar-refractivity contribution in [2.75, 3.05) is 44.7 Å². The van der Waals surface area contributed by atoms with Gasteiger partial charge in [0.2, 0.25) is 0 Å². The number of pyridine rings is 1. The molecule has 190 valence electrons. The Morgan fingerprint density at radius 1 is 1.00 bits per heavy atom. The predicted molar refractivity (Wildman–Crippen MR) is 143 cm³/mol. The molecule has 0 spiro atoms. The number of benzene rings is 2. The number of ketones is 1. The molecule has 0 radical (unpaired) electrons. The molecule has 4 rings (SSSR count). The number of aromatic nitrogens is 1. The van der Waals surface area contributed by atoms with Gasteiger partial charge in [-0.3, -0.25) is 9.78 Å². The summed E-state index contributed by atoms with van der Waals surface area (Å²) < 4.78 is 19.6. The Morgan fingerprint density at radius 3 is 2.39 bits per heavy atom. The predicted octanol–water partition coefficient (Wildman–Crippen LogP) is 5.42. The Bertz CT molecular complexity index is 1140. The second kappa shape index (κ2) is 12.1. The number of carbonyl (C=O) groups excluding carboxylic acids is 1. The summed E-state index contributed by atoms with van der Waals surface area (Å²) in [5.41, 5.74) is 4.91. The first-order valence-corrected chi connectivity index (χ1v) is 12.8. The van der Waals surface area contributed by atoms with Gasteiger partial charge in [0, 0.05) is 68.2 Å². The number of anilines is 1. The second-order valence-corrected chi connectivity index (χ2v) is 10.1. The molecule has 0 saturated carbocycles. The van der Waals surface area contributed by atoms with Crippen molar-refractivity contribution < 1.29 is 13.9 Å². The molecule has 0 N–H and O–H groups in total. The number of halogens is 1. The van der Waals surface area contributed by atoms with Gasteiger partial charge in [-0.1, -0.05) is 32.0 Å². The minimum absolute atomic E-state index is 0.0840. The maximum atomic E-state index is 14.0. The average Bonchev–Trinajstić information content (AvgIpc) is 2.87. The molecule has 1 saturated heterocycles. The third-order valence-electron chi connectivity index (χ3n) is 6.48. The van der Waals surface area contributed by atoms with Crippen LogP contribution in [-0.4, -0.2) is 55.5 Å². The van der Waals surface area contributed by atoms with Crippen LogP contribution in [0.5, 0.6) is 5.75 Å². The summed E-state index contributed by atoms with van der Waals surface area (Å²) in [4.78, 5) is 21.9. The lowest BCUT2D eigenvalue weighted by Gasteiger charge is -2.34.